The van der Waals surface area contributed by atoms with Crippen molar-refractivity contribution in [2.75, 3.05) is 13.1 Å². The predicted molar refractivity (Wildman–Crippen MR) is 77.5 cm³/mol. The van der Waals surface area contributed by atoms with Crippen LogP contribution in [0.4, 0.5) is 0 Å². The summed E-state index contributed by atoms with van der Waals surface area (Å²) >= 11 is 0. The lowest BCUT2D eigenvalue weighted by atomic mass is 10.1. The first kappa shape index (κ1) is 12.3. The van der Waals surface area contributed by atoms with E-state index in [4.69, 9.17) is 0 Å². The van der Waals surface area contributed by atoms with Gasteiger partial charge in [-0.2, -0.15) is 0 Å². The summed E-state index contributed by atoms with van der Waals surface area (Å²) < 4.78 is 2.16. The van der Waals surface area contributed by atoms with E-state index in [-0.39, 0.29) is 5.91 Å². The Kier molecular flexibility index (Phi) is 3.05. The molecule has 1 aromatic carbocycles. The molecule has 1 aliphatic heterocycles. The number of benzene rings is 1. The topological polar surface area (TPSA) is 25.2 Å². The summed E-state index contributed by atoms with van der Waals surface area (Å²) in [6.45, 7) is 6.82. The summed E-state index contributed by atoms with van der Waals surface area (Å²) in [5, 5.41) is 1.20. The highest BCUT2D eigenvalue weighted by Gasteiger charge is 2.25. The van der Waals surface area contributed by atoms with Gasteiger partial charge in [0.2, 0.25) is 0 Å². The summed E-state index contributed by atoms with van der Waals surface area (Å²) in [6.07, 6.45) is 2.27. The molecule has 3 nitrogen and oxygen atoms in total. The number of aryl methyl sites for hydroxylation is 2. The normalized spacial score (nSPS) is 15.4. The molecule has 0 aliphatic carbocycles. The highest BCUT2D eigenvalue weighted by Crippen LogP contribution is 2.27. The SMILES string of the molecule is CCn1c(C(=O)N2CCCC2)c(C)c2ccccc21. The Morgan fingerprint density at radius 1 is 1.21 bits per heavy atom. The van der Waals surface area contributed by atoms with Gasteiger partial charge in [-0.05, 0) is 38.3 Å². The number of hydrogen-bond acceptors (Lipinski definition) is 1. The second-order valence-electron chi connectivity index (χ2n) is 5.23. The molecule has 0 spiro atoms. The molecule has 1 saturated heterocycles. The zero-order chi connectivity index (χ0) is 13.4. The maximum Gasteiger partial charge on any atom is 0.270 e. The van der Waals surface area contributed by atoms with Crippen LogP contribution in [0.2, 0.25) is 0 Å². The number of carbonyl (C=O) groups is 1. The Hall–Kier alpha value is -1.77. The molecule has 1 amide bonds. The van der Waals surface area contributed by atoms with Gasteiger partial charge < -0.3 is 9.47 Å². The summed E-state index contributed by atoms with van der Waals surface area (Å²) in [4.78, 5) is 14.7. The van der Waals surface area contributed by atoms with Crippen LogP contribution in [0.3, 0.4) is 0 Å². The summed E-state index contributed by atoms with van der Waals surface area (Å²) in [5.74, 6) is 0.202. The Morgan fingerprint density at radius 2 is 1.89 bits per heavy atom. The molecular formula is C16H20N2O. The molecule has 0 radical (unpaired) electrons. The quantitative estimate of drug-likeness (QED) is 0.810. The van der Waals surface area contributed by atoms with Gasteiger partial charge in [-0.1, -0.05) is 18.2 Å². The number of fused-ring (bicyclic) bond motifs is 1. The number of likely N-dealkylation sites (tertiary alicyclic amines) is 1. The number of amides is 1. The third-order valence-corrected chi connectivity index (χ3v) is 4.14. The molecule has 1 fully saturated rings. The fourth-order valence-electron chi connectivity index (χ4n) is 3.15. The number of carbonyl (C=O) groups excluding carboxylic acids is 1. The first-order valence-electron chi connectivity index (χ1n) is 7.11. The van der Waals surface area contributed by atoms with Gasteiger partial charge in [-0.25, -0.2) is 0 Å². The fourth-order valence-corrected chi connectivity index (χ4v) is 3.15. The van der Waals surface area contributed by atoms with Crippen LogP contribution in [-0.2, 0) is 6.54 Å². The van der Waals surface area contributed by atoms with E-state index in [0.717, 1.165) is 43.7 Å². The van der Waals surface area contributed by atoms with Gasteiger partial charge in [0.1, 0.15) is 5.69 Å². The zero-order valence-electron chi connectivity index (χ0n) is 11.6. The van der Waals surface area contributed by atoms with Crippen molar-refractivity contribution in [2.45, 2.75) is 33.2 Å². The van der Waals surface area contributed by atoms with Gasteiger partial charge in [-0.3, -0.25) is 4.79 Å². The van der Waals surface area contributed by atoms with Crippen LogP contribution in [0.25, 0.3) is 10.9 Å². The van der Waals surface area contributed by atoms with E-state index in [1.807, 2.05) is 17.0 Å². The number of rotatable bonds is 2. The van der Waals surface area contributed by atoms with Crippen LogP contribution in [-0.4, -0.2) is 28.5 Å². The van der Waals surface area contributed by atoms with Crippen molar-refractivity contribution in [3.05, 3.63) is 35.5 Å². The number of hydrogen-bond donors (Lipinski definition) is 0. The highest BCUT2D eigenvalue weighted by atomic mass is 16.2. The molecule has 0 unspecified atom stereocenters. The van der Waals surface area contributed by atoms with E-state index >= 15 is 0 Å². The molecule has 0 atom stereocenters. The Bertz CT molecular complexity index is 621. The predicted octanol–water partition coefficient (Wildman–Crippen LogP) is 3.21. The van der Waals surface area contributed by atoms with Crippen LogP contribution >= 0.6 is 0 Å². The average Bonchev–Trinajstić information content (AvgIpc) is 3.05. The molecule has 0 N–H and O–H groups in total. The van der Waals surface area contributed by atoms with E-state index in [1.165, 1.54) is 10.9 Å². The second kappa shape index (κ2) is 4.72. The molecule has 100 valence electrons. The van der Waals surface area contributed by atoms with E-state index in [0.29, 0.717) is 0 Å². The summed E-state index contributed by atoms with van der Waals surface area (Å²) in [7, 11) is 0. The van der Waals surface area contributed by atoms with Gasteiger partial charge in [0.05, 0.1) is 0 Å². The maximum atomic E-state index is 12.7. The van der Waals surface area contributed by atoms with E-state index in [9.17, 15) is 4.79 Å². The minimum atomic E-state index is 0.202. The lowest BCUT2D eigenvalue weighted by molar-refractivity contribution is 0.0782. The molecule has 19 heavy (non-hydrogen) atoms. The smallest absolute Gasteiger partial charge is 0.270 e. The minimum Gasteiger partial charge on any atom is -0.337 e. The molecule has 1 aliphatic rings. The Balaban J connectivity index is 2.16. The molecule has 0 saturated carbocycles. The molecular weight excluding hydrogens is 236 g/mol. The number of para-hydroxylation sites is 1. The van der Waals surface area contributed by atoms with Gasteiger partial charge in [0.25, 0.3) is 5.91 Å². The molecule has 1 aromatic heterocycles. The van der Waals surface area contributed by atoms with E-state index < -0.39 is 0 Å². The van der Waals surface area contributed by atoms with E-state index in [2.05, 4.69) is 30.5 Å². The summed E-state index contributed by atoms with van der Waals surface area (Å²) in [5.41, 5.74) is 3.17. The van der Waals surface area contributed by atoms with Crippen molar-refractivity contribution < 1.29 is 4.79 Å². The molecule has 3 rings (SSSR count). The van der Waals surface area contributed by atoms with Crippen molar-refractivity contribution >= 4 is 16.8 Å². The third kappa shape index (κ3) is 1.84. The number of aromatic nitrogens is 1. The molecule has 2 aromatic rings. The first-order chi connectivity index (χ1) is 9.24. The van der Waals surface area contributed by atoms with Gasteiger partial charge in [0.15, 0.2) is 0 Å². The Labute approximate surface area is 113 Å². The lowest BCUT2D eigenvalue weighted by Crippen LogP contribution is -2.30. The van der Waals surface area contributed by atoms with Crippen molar-refractivity contribution in [1.82, 2.24) is 9.47 Å². The largest absolute Gasteiger partial charge is 0.337 e. The van der Waals surface area contributed by atoms with Crippen LogP contribution in [0, 0.1) is 6.92 Å². The van der Waals surface area contributed by atoms with Crippen LogP contribution in [0.15, 0.2) is 24.3 Å². The zero-order valence-corrected chi connectivity index (χ0v) is 11.6. The van der Waals surface area contributed by atoms with Gasteiger partial charge in [0, 0.05) is 30.5 Å². The molecule has 2 heterocycles. The monoisotopic (exact) mass is 256 g/mol. The maximum absolute atomic E-state index is 12.7. The lowest BCUT2D eigenvalue weighted by Gasteiger charge is -2.17. The highest BCUT2D eigenvalue weighted by molar-refractivity contribution is 6.01. The Morgan fingerprint density at radius 3 is 2.58 bits per heavy atom. The fraction of sp³-hybridized carbons (Fsp3) is 0.438. The molecule has 3 heteroatoms. The minimum absolute atomic E-state index is 0.202. The van der Waals surface area contributed by atoms with Gasteiger partial charge >= 0.3 is 0 Å². The van der Waals surface area contributed by atoms with Crippen LogP contribution < -0.4 is 0 Å². The first-order valence-corrected chi connectivity index (χ1v) is 7.11. The average molecular weight is 256 g/mol. The van der Waals surface area contributed by atoms with Crippen LogP contribution in [0.1, 0.15) is 35.8 Å². The van der Waals surface area contributed by atoms with E-state index in [1.54, 1.807) is 0 Å². The van der Waals surface area contributed by atoms with Crippen molar-refractivity contribution in [2.24, 2.45) is 0 Å². The second-order valence-corrected chi connectivity index (χ2v) is 5.23. The number of nitrogens with zero attached hydrogens (tertiary/aromatic N) is 2. The van der Waals surface area contributed by atoms with Crippen molar-refractivity contribution in [3.8, 4) is 0 Å². The third-order valence-electron chi connectivity index (χ3n) is 4.14. The standard InChI is InChI=1S/C16H20N2O/c1-3-18-14-9-5-4-8-13(14)12(2)15(18)16(19)17-10-6-7-11-17/h4-5,8-9H,3,6-7,10-11H2,1-2H3. The summed E-state index contributed by atoms with van der Waals surface area (Å²) in [6, 6.07) is 8.29. The molecule has 0 bridgehead atoms. The van der Waals surface area contributed by atoms with Crippen LogP contribution in [0.5, 0.6) is 0 Å². The van der Waals surface area contributed by atoms with Crippen molar-refractivity contribution in [1.29, 1.82) is 0 Å². The van der Waals surface area contributed by atoms with Crippen molar-refractivity contribution in [3.63, 3.8) is 0 Å². The van der Waals surface area contributed by atoms with Gasteiger partial charge in [-0.15, -0.1) is 0 Å².